The van der Waals surface area contributed by atoms with E-state index in [1.807, 2.05) is 18.4 Å². The molecule has 68 valence electrons. The van der Waals surface area contributed by atoms with E-state index in [1.165, 1.54) is 18.4 Å². The molecule has 0 unspecified atom stereocenters. The van der Waals surface area contributed by atoms with Crippen LogP contribution in [0.15, 0.2) is 17.5 Å². The van der Waals surface area contributed by atoms with Crippen molar-refractivity contribution < 1.29 is 9.13 Å². The van der Waals surface area contributed by atoms with Crippen molar-refractivity contribution in [1.82, 2.24) is 0 Å². The molecule has 1 aromatic heterocycles. The topological polar surface area (TPSA) is 9.23 Å². The molecule has 1 nitrogen and oxygen atoms in total. The molecule has 0 aliphatic heterocycles. The molecule has 0 radical (unpaired) electrons. The summed E-state index contributed by atoms with van der Waals surface area (Å²) in [6.45, 7) is 1.98. The highest BCUT2D eigenvalue weighted by Crippen LogP contribution is 2.32. The molecular formula is C10H9FOS. The van der Waals surface area contributed by atoms with Gasteiger partial charge in [0.25, 0.3) is 0 Å². The summed E-state index contributed by atoms with van der Waals surface area (Å²) in [7, 11) is 1.48. The molecule has 0 bridgehead atoms. The van der Waals surface area contributed by atoms with Crippen LogP contribution in [-0.4, -0.2) is 7.11 Å². The Hall–Kier alpha value is -1.09. The third-order valence-electron chi connectivity index (χ3n) is 2.06. The van der Waals surface area contributed by atoms with E-state index in [0.717, 1.165) is 10.9 Å². The van der Waals surface area contributed by atoms with Gasteiger partial charge in [-0.2, -0.15) is 0 Å². The van der Waals surface area contributed by atoms with Crippen LogP contribution >= 0.6 is 11.3 Å². The van der Waals surface area contributed by atoms with Crippen molar-refractivity contribution in [2.45, 2.75) is 6.92 Å². The standard InChI is InChI=1S/C10H9FOS/c1-6-5-13-10-7(6)3-4-8(12-2)9(10)11/h3-5H,1-2H3. The van der Waals surface area contributed by atoms with Crippen LogP contribution in [0.1, 0.15) is 5.56 Å². The van der Waals surface area contributed by atoms with E-state index in [2.05, 4.69) is 0 Å². The maximum atomic E-state index is 13.6. The molecule has 1 aromatic carbocycles. The molecule has 0 amide bonds. The predicted octanol–water partition coefficient (Wildman–Crippen LogP) is 3.36. The van der Waals surface area contributed by atoms with E-state index in [-0.39, 0.29) is 5.82 Å². The van der Waals surface area contributed by atoms with Gasteiger partial charge in [-0.15, -0.1) is 11.3 Å². The zero-order chi connectivity index (χ0) is 9.42. The van der Waals surface area contributed by atoms with E-state index in [1.54, 1.807) is 6.07 Å². The number of aryl methyl sites for hydroxylation is 1. The van der Waals surface area contributed by atoms with Crippen molar-refractivity contribution in [2.24, 2.45) is 0 Å². The molecule has 0 saturated carbocycles. The van der Waals surface area contributed by atoms with Gasteiger partial charge in [0.15, 0.2) is 11.6 Å². The molecular weight excluding hydrogens is 187 g/mol. The molecule has 0 spiro atoms. The van der Waals surface area contributed by atoms with Crippen molar-refractivity contribution in [2.75, 3.05) is 7.11 Å². The molecule has 0 aliphatic rings. The number of ether oxygens (including phenoxy) is 1. The number of halogens is 1. The maximum absolute atomic E-state index is 13.6. The lowest BCUT2D eigenvalue weighted by molar-refractivity contribution is 0.389. The minimum absolute atomic E-state index is 0.252. The summed E-state index contributed by atoms with van der Waals surface area (Å²) in [5, 5.41) is 2.93. The van der Waals surface area contributed by atoms with Crippen LogP contribution < -0.4 is 4.74 Å². The van der Waals surface area contributed by atoms with Crippen molar-refractivity contribution in [1.29, 1.82) is 0 Å². The van der Waals surface area contributed by atoms with Gasteiger partial charge in [-0.1, -0.05) is 0 Å². The number of thiophene rings is 1. The fourth-order valence-electron chi connectivity index (χ4n) is 1.33. The normalized spacial score (nSPS) is 10.7. The average Bonchev–Trinajstić information content (AvgIpc) is 2.50. The van der Waals surface area contributed by atoms with Gasteiger partial charge < -0.3 is 4.74 Å². The second-order valence-electron chi connectivity index (χ2n) is 2.88. The molecule has 13 heavy (non-hydrogen) atoms. The third kappa shape index (κ3) is 1.20. The Morgan fingerprint density at radius 1 is 1.38 bits per heavy atom. The fraction of sp³-hybridized carbons (Fsp3) is 0.200. The SMILES string of the molecule is COc1ccc2c(C)csc2c1F. The Morgan fingerprint density at radius 2 is 2.15 bits per heavy atom. The Bertz CT molecular complexity index is 447. The van der Waals surface area contributed by atoms with Crippen LogP contribution in [-0.2, 0) is 0 Å². The van der Waals surface area contributed by atoms with Crippen molar-refractivity contribution in [3.05, 3.63) is 28.9 Å². The smallest absolute Gasteiger partial charge is 0.182 e. The van der Waals surface area contributed by atoms with Crippen molar-refractivity contribution >= 4 is 21.4 Å². The maximum Gasteiger partial charge on any atom is 0.182 e. The molecule has 0 N–H and O–H groups in total. The Morgan fingerprint density at radius 3 is 2.85 bits per heavy atom. The number of hydrogen-bond acceptors (Lipinski definition) is 2. The third-order valence-corrected chi connectivity index (χ3v) is 3.17. The zero-order valence-electron chi connectivity index (χ0n) is 7.43. The van der Waals surface area contributed by atoms with Crippen LogP contribution in [0.5, 0.6) is 5.75 Å². The minimum Gasteiger partial charge on any atom is -0.494 e. The average molecular weight is 196 g/mol. The number of hydrogen-bond donors (Lipinski definition) is 0. The summed E-state index contributed by atoms with van der Waals surface area (Å²) in [6.07, 6.45) is 0. The molecule has 1 heterocycles. The van der Waals surface area contributed by atoms with Crippen LogP contribution in [0, 0.1) is 12.7 Å². The summed E-state index contributed by atoms with van der Waals surface area (Å²) in [4.78, 5) is 0. The highest BCUT2D eigenvalue weighted by atomic mass is 32.1. The van der Waals surface area contributed by atoms with Gasteiger partial charge in [0, 0.05) is 0 Å². The first kappa shape index (κ1) is 8.51. The Kier molecular flexibility index (Phi) is 1.96. The number of methoxy groups -OCH3 is 1. The van der Waals surface area contributed by atoms with Gasteiger partial charge in [0.2, 0.25) is 0 Å². The van der Waals surface area contributed by atoms with Crippen molar-refractivity contribution in [3.8, 4) is 5.75 Å². The van der Waals surface area contributed by atoms with E-state index in [4.69, 9.17) is 4.74 Å². The molecule has 0 aliphatic carbocycles. The number of fused-ring (bicyclic) bond motifs is 1. The Labute approximate surface area is 79.8 Å². The lowest BCUT2D eigenvalue weighted by atomic mass is 10.2. The second-order valence-corrected chi connectivity index (χ2v) is 3.76. The molecule has 0 atom stereocenters. The zero-order valence-corrected chi connectivity index (χ0v) is 8.24. The summed E-state index contributed by atoms with van der Waals surface area (Å²) in [5.41, 5.74) is 1.11. The van der Waals surface area contributed by atoms with Gasteiger partial charge >= 0.3 is 0 Å². The minimum atomic E-state index is -0.252. The van der Waals surface area contributed by atoms with Crippen LogP contribution in [0.2, 0.25) is 0 Å². The number of benzene rings is 1. The monoisotopic (exact) mass is 196 g/mol. The summed E-state index contributed by atoms with van der Waals surface area (Å²) >= 11 is 1.42. The first-order valence-electron chi connectivity index (χ1n) is 3.94. The summed E-state index contributed by atoms with van der Waals surface area (Å²) < 4.78 is 19.1. The van der Waals surface area contributed by atoms with Gasteiger partial charge in [-0.3, -0.25) is 0 Å². The lowest BCUT2D eigenvalue weighted by Crippen LogP contribution is -1.87. The second kappa shape index (κ2) is 3.00. The number of rotatable bonds is 1. The highest BCUT2D eigenvalue weighted by molar-refractivity contribution is 7.17. The van der Waals surface area contributed by atoms with Gasteiger partial charge in [-0.25, -0.2) is 4.39 Å². The van der Waals surface area contributed by atoms with Crippen LogP contribution in [0.25, 0.3) is 10.1 Å². The summed E-state index contributed by atoms with van der Waals surface area (Å²) in [6, 6.07) is 3.56. The lowest BCUT2D eigenvalue weighted by Gasteiger charge is -2.01. The largest absolute Gasteiger partial charge is 0.494 e. The molecule has 0 saturated heterocycles. The molecule has 0 fully saturated rings. The van der Waals surface area contributed by atoms with E-state index in [0.29, 0.717) is 10.4 Å². The molecule has 2 aromatic rings. The van der Waals surface area contributed by atoms with Gasteiger partial charge in [0.1, 0.15) is 0 Å². The van der Waals surface area contributed by atoms with E-state index >= 15 is 0 Å². The van der Waals surface area contributed by atoms with Crippen molar-refractivity contribution in [3.63, 3.8) is 0 Å². The van der Waals surface area contributed by atoms with Gasteiger partial charge in [0.05, 0.1) is 11.8 Å². The highest BCUT2D eigenvalue weighted by Gasteiger charge is 2.10. The molecule has 3 heteroatoms. The quantitative estimate of drug-likeness (QED) is 0.679. The Balaban J connectivity index is 2.80. The first-order chi connectivity index (χ1) is 6.24. The van der Waals surface area contributed by atoms with Crippen LogP contribution in [0.3, 0.4) is 0 Å². The van der Waals surface area contributed by atoms with Gasteiger partial charge in [-0.05, 0) is 35.4 Å². The van der Waals surface area contributed by atoms with E-state index in [9.17, 15) is 4.39 Å². The fourth-order valence-corrected chi connectivity index (χ4v) is 2.31. The van der Waals surface area contributed by atoms with E-state index < -0.39 is 0 Å². The van der Waals surface area contributed by atoms with Crippen LogP contribution in [0.4, 0.5) is 4.39 Å². The first-order valence-corrected chi connectivity index (χ1v) is 4.82. The molecule has 2 rings (SSSR count). The summed E-state index contributed by atoms with van der Waals surface area (Å²) in [5.74, 6) is 0.0625. The predicted molar refractivity (Wildman–Crippen MR) is 53.1 cm³/mol.